The van der Waals surface area contributed by atoms with Gasteiger partial charge in [0.15, 0.2) is 0 Å². The molecule has 0 bridgehead atoms. The minimum absolute atomic E-state index is 0.0880. The highest BCUT2D eigenvalue weighted by molar-refractivity contribution is 8.13. The standard InChI is InChI=1S/C11H13ClO3S/c1-3-4-7-15-11-6-5-10(8-9(11)2)16(12,13)14/h3-6,8H,7H2,1-2H3/b4-3+. The van der Waals surface area contributed by atoms with Crippen molar-refractivity contribution in [3.8, 4) is 5.75 Å². The molecule has 1 rings (SSSR count). The van der Waals surface area contributed by atoms with E-state index in [0.717, 1.165) is 5.56 Å². The van der Waals surface area contributed by atoms with Crippen LogP contribution in [0.5, 0.6) is 5.75 Å². The number of allylic oxidation sites excluding steroid dienone is 1. The molecular formula is C11H13ClO3S. The number of halogens is 1. The minimum atomic E-state index is -3.66. The van der Waals surface area contributed by atoms with Gasteiger partial charge in [0.2, 0.25) is 0 Å². The van der Waals surface area contributed by atoms with Crippen LogP contribution in [0.1, 0.15) is 12.5 Å². The maximum Gasteiger partial charge on any atom is 0.261 e. The van der Waals surface area contributed by atoms with Gasteiger partial charge < -0.3 is 4.74 Å². The lowest BCUT2D eigenvalue weighted by Crippen LogP contribution is -1.97. The third-order valence-corrected chi connectivity index (χ3v) is 3.35. The second-order valence-corrected chi connectivity index (χ2v) is 5.81. The second kappa shape index (κ2) is 5.37. The van der Waals surface area contributed by atoms with Crippen LogP contribution >= 0.6 is 10.7 Å². The van der Waals surface area contributed by atoms with Gasteiger partial charge in [-0.05, 0) is 37.6 Å². The van der Waals surface area contributed by atoms with Crippen molar-refractivity contribution in [2.24, 2.45) is 0 Å². The summed E-state index contributed by atoms with van der Waals surface area (Å²) in [4.78, 5) is 0.0880. The van der Waals surface area contributed by atoms with Crippen molar-refractivity contribution in [3.63, 3.8) is 0 Å². The molecule has 0 heterocycles. The zero-order valence-electron chi connectivity index (χ0n) is 9.10. The Balaban J connectivity index is 2.92. The normalized spacial score (nSPS) is 11.9. The van der Waals surface area contributed by atoms with Gasteiger partial charge in [0.1, 0.15) is 12.4 Å². The molecule has 0 saturated heterocycles. The quantitative estimate of drug-likeness (QED) is 0.618. The fraction of sp³-hybridized carbons (Fsp3) is 0.273. The van der Waals surface area contributed by atoms with E-state index in [1.54, 1.807) is 13.0 Å². The minimum Gasteiger partial charge on any atom is -0.489 e. The highest BCUT2D eigenvalue weighted by Crippen LogP contribution is 2.23. The van der Waals surface area contributed by atoms with Crippen LogP contribution in [-0.4, -0.2) is 15.0 Å². The summed E-state index contributed by atoms with van der Waals surface area (Å²) in [5, 5.41) is 0. The third kappa shape index (κ3) is 3.54. The van der Waals surface area contributed by atoms with Crippen molar-refractivity contribution >= 4 is 19.7 Å². The number of benzene rings is 1. The lowest BCUT2D eigenvalue weighted by Gasteiger charge is -2.07. The first-order valence-electron chi connectivity index (χ1n) is 4.74. The van der Waals surface area contributed by atoms with E-state index in [1.807, 2.05) is 19.1 Å². The lowest BCUT2D eigenvalue weighted by atomic mass is 10.2. The Kier molecular flexibility index (Phi) is 4.38. The van der Waals surface area contributed by atoms with Crippen LogP contribution in [0, 0.1) is 6.92 Å². The van der Waals surface area contributed by atoms with Gasteiger partial charge in [0, 0.05) is 10.7 Å². The maximum atomic E-state index is 11.1. The van der Waals surface area contributed by atoms with Crippen LogP contribution in [0.4, 0.5) is 0 Å². The van der Waals surface area contributed by atoms with Crippen LogP contribution in [0.3, 0.4) is 0 Å². The van der Waals surface area contributed by atoms with Gasteiger partial charge in [0.05, 0.1) is 4.90 Å². The lowest BCUT2D eigenvalue weighted by molar-refractivity contribution is 0.360. The predicted molar refractivity (Wildman–Crippen MR) is 64.5 cm³/mol. The molecule has 0 N–H and O–H groups in total. The average Bonchev–Trinajstić information content (AvgIpc) is 2.19. The van der Waals surface area contributed by atoms with Gasteiger partial charge in [-0.25, -0.2) is 8.42 Å². The van der Waals surface area contributed by atoms with Gasteiger partial charge in [-0.15, -0.1) is 0 Å². The molecule has 0 unspecified atom stereocenters. The van der Waals surface area contributed by atoms with E-state index in [4.69, 9.17) is 15.4 Å². The summed E-state index contributed by atoms with van der Waals surface area (Å²) in [5.41, 5.74) is 0.742. The number of hydrogen-bond acceptors (Lipinski definition) is 3. The molecule has 0 aliphatic carbocycles. The van der Waals surface area contributed by atoms with Crippen LogP contribution in [-0.2, 0) is 9.05 Å². The Morgan fingerprint density at radius 2 is 2.12 bits per heavy atom. The Morgan fingerprint density at radius 1 is 1.44 bits per heavy atom. The molecule has 0 aliphatic rings. The SMILES string of the molecule is C/C=C/COc1ccc(S(=O)(=O)Cl)cc1C. The topological polar surface area (TPSA) is 43.4 Å². The molecule has 0 radical (unpaired) electrons. The molecule has 0 aliphatic heterocycles. The summed E-state index contributed by atoms with van der Waals surface area (Å²) in [5.74, 6) is 0.655. The van der Waals surface area contributed by atoms with Gasteiger partial charge in [-0.3, -0.25) is 0 Å². The van der Waals surface area contributed by atoms with E-state index in [-0.39, 0.29) is 4.90 Å². The van der Waals surface area contributed by atoms with Crippen molar-refractivity contribution in [3.05, 3.63) is 35.9 Å². The summed E-state index contributed by atoms with van der Waals surface area (Å²) in [6.45, 7) is 4.14. The van der Waals surface area contributed by atoms with Crippen LogP contribution in [0.15, 0.2) is 35.2 Å². The average molecular weight is 261 g/mol. The van der Waals surface area contributed by atoms with Crippen LogP contribution in [0.25, 0.3) is 0 Å². The first kappa shape index (κ1) is 13.1. The summed E-state index contributed by atoms with van der Waals surface area (Å²) in [6.07, 6.45) is 3.75. The molecular weight excluding hydrogens is 248 g/mol. The van der Waals surface area contributed by atoms with E-state index in [0.29, 0.717) is 12.4 Å². The molecule has 0 amide bonds. The summed E-state index contributed by atoms with van der Waals surface area (Å²) < 4.78 is 27.6. The maximum absolute atomic E-state index is 11.1. The van der Waals surface area contributed by atoms with Crippen molar-refractivity contribution < 1.29 is 13.2 Å². The molecule has 1 aromatic carbocycles. The Bertz CT molecular complexity index is 492. The van der Waals surface area contributed by atoms with Gasteiger partial charge >= 0.3 is 0 Å². The zero-order chi connectivity index (χ0) is 12.2. The van der Waals surface area contributed by atoms with Gasteiger partial charge in [-0.1, -0.05) is 12.2 Å². The molecule has 0 atom stereocenters. The number of rotatable bonds is 4. The van der Waals surface area contributed by atoms with Gasteiger partial charge in [0.25, 0.3) is 9.05 Å². The number of hydrogen-bond donors (Lipinski definition) is 0. The molecule has 0 spiro atoms. The molecule has 3 nitrogen and oxygen atoms in total. The molecule has 0 saturated carbocycles. The van der Waals surface area contributed by atoms with E-state index in [1.165, 1.54) is 12.1 Å². The van der Waals surface area contributed by atoms with Gasteiger partial charge in [-0.2, -0.15) is 0 Å². The summed E-state index contributed by atoms with van der Waals surface area (Å²) >= 11 is 0. The highest BCUT2D eigenvalue weighted by Gasteiger charge is 2.11. The van der Waals surface area contributed by atoms with Crippen molar-refractivity contribution in [1.82, 2.24) is 0 Å². The first-order valence-corrected chi connectivity index (χ1v) is 7.05. The Labute approximate surface area is 100 Å². The molecule has 16 heavy (non-hydrogen) atoms. The molecule has 88 valence electrons. The third-order valence-electron chi connectivity index (χ3n) is 2.00. The monoisotopic (exact) mass is 260 g/mol. The fourth-order valence-corrected chi connectivity index (χ4v) is 2.01. The van der Waals surface area contributed by atoms with E-state index in [9.17, 15) is 8.42 Å². The summed E-state index contributed by atoms with van der Waals surface area (Å²) in [7, 11) is 1.57. The Morgan fingerprint density at radius 3 is 2.62 bits per heavy atom. The first-order chi connectivity index (χ1) is 7.45. The molecule has 0 aromatic heterocycles. The number of aryl methyl sites for hydroxylation is 1. The molecule has 1 aromatic rings. The van der Waals surface area contributed by atoms with Crippen molar-refractivity contribution in [2.45, 2.75) is 18.7 Å². The predicted octanol–water partition coefficient (Wildman–Crippen LogP) is 2.88. The molecule has 0 fully saturated rings. The largest absolute Gasteiger partial charge is 0.489 e. The number of ether oxygens (including phenoxy) is 1. The summed E-state index contributed by atoms with van der Waals surface area (Å²) in [6, 6.07) is 4.53. The van der Waals surface area contributed by atoms with Crippen LogP contribution < -0.4 is 4.74 Å². The Hall–Kier alpha value is -1.00. The molecule has 5 heteroatoms. The smallest absolute Gasteiger partial charge is 0.261 e. The zero-order valence-corrected chi connectivity index (χ0v) is 10.7. The van der Waals surface area contributed by atoms with E-state index >= 15 is 0 Å². The van der Waals surface area contributed by atoms with Crippen molar-refractivity contribution in [1.29, 1.82) is 0 Å². The van der Waals surface area contributed by atoms with Crippen LogP contribution in [0.2, 0.25) is 0 Å². The second-order valence-electron chi connectivity index (χ2n) is 3.25. The van der Waals surface area contributed by atoms with Crippen molar-refractivity contribution in [2.75, 3.05) is 6.61 Å². The fourth-order valence-electron chi connectivity index (χ4n) is 1.17. The highest BCUT2D eigenvalue weighted by atomic mass is 35.7. The van der Waals surface area contributed by atoms with E-state index in [2.05, 4.69) is 0 Å². The van der Waals surface area contributed by atoms with E-state index < -0.39 is 9.05 Å².